The predicted molar refractivity (Wildman–Crippen MR) is 65.6 cm³/mol. The van der Waals surface area contributed by atoms with Crippen molar-refractivity contribution >= 4 is 5.96 Å². The highest BCUT2D eigenvalue weighted by molar-refractivity contribution is 5.80. The topological polar surface area (TPSA) is 71.7 Å². The van der Waals surface area contributed by atoms with Crippen LogP contribution in [-0.4, -0.2) is 18.6 Å². The zero-order valence-corrected chi connectivity index (χ0v) is 9.52. The summed E-state index contributed by atoms with van der Waals surface area (Å²) in [5.41, 5.74) is 3.74. The summed E-state index contributed by atoms with van der Waals surface area (Å²) in [6.45, 7) is 0.580. The van der Waals surface area contributed by atoms with Gasteiger partial charge in [0.2, 0.25) is 5.96 Å². The van der Waals surface area contributed by atoms with Crippen LogP contribution in [0, 0.1) is 0 Å². The van der Waals surface area contributed by atoms with Gasteiger partial charge >= 0.3 is 0 Å². The summed E-state index contributed by atoms with van der Waals surface area (Å²) in [5.74, 6) is 7.03. The van der Waals surface area contributed by atoms with Crippen LogP contribution in [0.25, 0.3) is 0 Å². The number of aliphatic imine (C=N–C) groups is 1. The maximum atomic E-state index is 5.57. The van der Waals surface area contributed by atoms with Gasteiger partial charge in [0.25, 0.3) is 0 Å². The molecule has 0 aromatic heterocycles. The number of para-hydroxylation sites is 1. The van der Waals surface area contributed by atoms with Crippen LogP contribution in [0.15, 0.2) is 29.3 Å². The SMILES string of the molecule is NNC(=NC1COc2ccccc21)NC1CC1. The molecule has 3 rings (SSSR count). The summed E-state index contributed by atoms with van der Waals surface area (Å²) >= 11 is 0. The summed E-state index contributed by atoms with van der Waals surface area (Å²) in [4.78, 5) is 4.56. The number of ether oxygens (including phenoxy) is 1. The Morgan fingerprint density at radius 1 is 1.35 bits per heavy atom. The molecule has 17 heavy (non-hydrogen) atoms. The van der Waals surface area contributed by atoms with Gasteiger partial charge in [-0.2, -0.15) is 0 Å². The van der Waals surface area contributed by atoms with Crippen molar-refractivity contribution in [1.29, 1.82) is 0 Å². The molecule has 1 heterocycles. The van der Waals surface area contributed by atoms with Crippen molar-refractivity contribution < 1.29 is 4.74 Å². The van der Waals surface area contributed by atoms with Crippen LogP contribution in [-0.2, 0) is 0 Å². The highest BCUT2D eigenvalue weighted by Crippen LogP contribution is 2.34. The van der Waals surface area contributed by atoms with Crippen molar-refractivity contribution in [3.63, 3.8) is 0 Å². The summed E-state index contributed by atoms with van der Waals surface area (Å²) in [6, 6.07) is 8.54. The number of hydrazine groups is 1. The average Bonchev–Trinajstić information content (AvgIpc) is 3.09. The van der Waals surface area contributed by atoms with Gasteiger partial charge in [-0.15, -0.1) is 0 Å². The van der Waals surface area contributed by atoms with Crippen LogP contribution in [0.2, 0.25) is 0 Å². The summed E-state index contributed by atoms with van der Waals surface area (Å²) in [5, 5.41) is 3.26. The molecule has 5 heteroatoms. The first kappa shape index (κ1) is 10.4. The number of hydrogen-bond donors (Lipinski definition) is 3. The molecule has 0 radical (unpaired) electrons. The molecule has 1 saturated carbocycles. The Hall–Kier alpha value is -1.75. The number of nitrogens with zero attached hydrogens (tertiary/aromatic N) is 1. The number of benzene rings is 1. The predicted octanol–water partition coefficient (Wildman–Crippen LogP) is 0.691. The van der Waals surface area contributed by atoms with E-state index in [4.69, 9.17) is 10.6 Å². The van der Waals surface area contributed by atoms with Gasteiger partial charge < -0.3 is 10.1 Å². The van der Waals surface area contributed by atoms with Crippen LogP contribution in [0.5, 0.6) is 5.75 Å². The molecule has 4 N–H and O–H groups in total. The van der Waals surface area contributed by atoms with Crippen molar-refractivity contribution in [3.05, 3.63) is 29.8 Å². The smallest absolute Gasteiger partial charge is 0.206 e. The molecular weight excluding hydrogens is 216 g/mol. The van der Waals surface area contributed by atoms with E-state index in [1.54, 1.807) is 0 Å². The van der Waals surface area contributed by atoms with E-state index in [0.29, 0.717) is 18.6 Å². The quantitative estimate of drug-likeness (QED) is 0.304. The standard InChI is InChI=1S/C12H16N4O/c13-16-12(14-8-5-6-8)15-10-7-17-11-4-2-1-3-9(10)11/h1-4,8,10H,5-7,13H2,(H2,14,15,16). The first-order valence-corrected chi connectivity index (χ1v) is 5.89. The molecule has 1 atom stereocenters. The third kappa shape index (κ3) is 2.19. The van der Waals surface area contributed by atoms with Crippen molar-refractivity contribution in [3.8, 4) is 5.75 Å². The first-order valence-electron chi connectivity index (χ1n) is 5.89. The van der Waals surface area contributed by atoms with Gasteiger partial charge in [0.1, 0.15) is 18.4 Å². The molecule has 2 aliphatic rings. The van der Waals surface area contributed by atoms with E-state index in [9.17, 15) is 0 Å². The van der Waals surface area contributed by atoms with Crippen LogP contribution in [0.1, 0.15) is 24.4 Å². The normalized spacial score (nSPS) is 22.9. The van der Waals surface area contributed by atoms with Gasteiger partial charge in [0, 0.05) is 11.6 Å². The monoisotopic (exact) mass is 232 g/mol. The zero-order valence-electron chi connectivity index (χ0n) is 9.52. The van der Waals surface area contributed by atoms with E-state index < -0.39 is 0 Å². The number of rotatable bonds is 2. The number of nitrogens with two attached hydrogens (primary N) is 1. The van der Waals surface area contributed by atoms with Crippen LogP contribution in [0.3, 0.4) is 0 Å². The van der Waals surface area contributed by atoms with Gasteiger partial charge in [-0.05, 0) is 18.9 Å². The third-order valence-electron chi connectivity index (χ3n) is 3.01. The summed E-state index contributed by atoms with van der Waals surface area (Å²) in [7, 11) is 0. The number of hydrogen-bond acceptors (Lipinski definition) is 3. The fourth-order valence-electron chi connectivity index (χ4n) is 1.95. The van der Waals surface area contributed by atoms with Crippen molar-refractivity contribution in [2.24, 2.45) is 10.8 Å². The Morgan fingerprint density at radius 3 is 2.94 bits per heavy atom. The van der Waals surface area contributed by atoms with Gasteiger partial charge in [-0.1, -0.05) is 18.2 Å². The second-order valence-corrected chi connectivity index (χ2v) is 4.41. The average molecular weight is 232 g/mol. The van der Waals surface area contributed by atoms with Crippen LogP contribution >= 0.6 is 0 Å². The van der Waals surface area contributed by atoms with Gasteiger partial charge in [-0.25, -0.2) is 10.8 Å². The molecule has 0 saturated heterocycles. The summed E-state index contributed by atoms with van der Waals surface area (Å²) < 4.78 is 5.57. The molecule has 1 fully saturated rings. The highest BCUT2D eigenvalue weighted by Gasteiger charge is 2.26. The zero-order chi connectivity index (χ0) is 11.7. The van der Waals surface area contributed by atoms with Gasteiger partial charge in [0.05, 0.1) is 0 Å². The van der Waals surface area contributed by atoms with E-state index in [-0.39, 0.29) is 6.04 Å². The second kappa shape index (κ2) is 4.25. The number of nitrogens with one attached hydrogen (secondary N) is 2. The molecule has 0 amide bonds. The number of fused-ring (bicyclic) bond motifs is 1. The highest BCUT2D eigenvalue weighted by atomic mass is 16.5. The maximum Gasteiger partial charge on any atom is 0.206 e. The molecule has 1 aliphatic carbocycles. The minimum atomic E-state index is 0.0310. The van der Waals surface area contributed by atoms with E-state index in [1.807, 2.05) is 24.3 Å². The van der Waals surface area contributed by atoms with E-state index in [2.05, 4.69) is 15.7 Å². The largest absolute Gasteiger partial charge is 0.491 e. The molecule has 1 unspecified atom stereocenters. The Bertz CT molecular complexity index is 442. The maximum absolute atomic E-state index is 5.57. The van der Waals surface area contributed by atoms with Crippen molar-refractivity contribution in [1.82, 2.24) is 10.7 Å². The molecule has 90 valence electrons. The molecule has 1 aliphatic heterocycles. The first-order chi connectivity index (χ1) is 8.36. The van der Waals surface area contributed by atoms with E-state index in [1.165, 1.54) is 12.8 Å². The van der Waals surface area contributed by atoms with E-state index in [0.717, 1.165) is 11.3 Å². The van der Waals surface area contributed by atoms with Crippen LogP contribution < -0.4 is 21.3 Å². The van der Waals surface area contributed by atoms with Crippen LogP contribution in [0.4, 0.5) is 0 Å². The lowest BCUT2D eigenvalue weighted by Gasteiger charge is -2.10. The second-order valence-electron chi connectivity index (χ2n) is 4.41. The Labute approximate surface area is 100 Å². The molecular formula is C12H16N4O. The lowest BCUT2D eigenvalue weighted by molar-refractivity contribution is 0.333. The molecule has 5 nitrogen and oxygen atoms in total. The molecule has 0 bridgehead atoms. The Kier molecular flexibility index (Phi) is 2.60. The Balaban J connectivity index is 1.78. The van der Waals surface area contributed by atoms with Crippen molar-refractivity contribution in [2.75, 3.05) is 6.61 Å². The fraction of sp³-hybridized carbons (Fsp3) is 0.417. The van der Waals surface area contributed by atoms with Gasteiger partial charge in [-0.3, -0.25) is 5.43 Å². The fourth-order valence-corrected chi connectivity index (χ4v) is 1.95. The summed E-state index contributed by atoms with van der Waals surface area (Å²) in [6.07, 6.45) is 2.39. The third-order valence-corrected chi connectivity index (χ3v) is 3.01. The van der Waals surface area contributed by atoms with Crippen molar-refractivity contribution in [2.45, 2.75) is 24.9 Å². The Morgan fingerprint density at radius 2 is 2.18 bits per heavy atom. The lowest BCUT2D eigenvalue weighted by Crippen LogP contribution is -2.43. The lowest BCUT2D eigenvalue weighted by atomic mass is 10.1. The van der Waals surface area contributed by atoms with Gasteiger partial charge in [0.15, 0.2) is 0 Å². The van der Waals surface area contributed by atoms with E-state index >= 15 is 0 Å². The molecule has 0 spiro atoms. The molecule has 1 aromatic carbocycles. The number of guanidine groups is 1. The molecule has 1 aromatic rings. The minimum absolute atomic E-state index is 0.0310. The minimum Gasteiger partial charge on any atom is -0.491 e.